The van der Waals surface area contributed by atoms with Crippen molar-refractivity contribution in [3.8, 4) is 0 Å². The number of carbonyl (C=O) groups excluding carboxylic acids is 1. The average Bonchev–Trinajstić information content (AvgIpc) is 1.42. The fraction of sp³-hybridized carbons (Fsp3) is 0.912. The Morgan fingerprint density at radius 3 is 0.794 bits per heavy atom. The number of fused-ring (bicyclic) bond motifs is 20. The minimum atomic E-state index is -0.459. The number of aliphatic hydroxyl groups is 7. The van der Waals surface area contributed by atoms with Gasteiger partial charge in [0.1, 0.15) is 6.29 Å². The molecule has 1 saturated heterocycles. The molecule has 0 amide bonds. The topological polar surface area (TPSA) is 168 Å². The van der Waals surface area contributed by atoms with Gasteiger partial charge >= 0.3 is 23.1 Å². The second-order valence-electron chi connectivity index (χ2n) is 49.8. The molecule has 1 heterocycles. The molecule has 0 bridgehead atoms. The van der Waals surface area contributed by atoms with Crippen molar-refractivity contribution in [3.05, 3.63) is 53.0 Å². The summed E-state index contributed by atoms with van der Waals surface area (Å²) in [5, 5.41) is 76.2. The van der Waals surface area contributed by atoms with Crippen LogP contribution in [0.25, 0.3) is 0 Å². The molecular formula is C113H194BrFMgO9S. The summed E-state index contributed by atoms with van der Waals surface area (Å²) >= 11 is 0.250. The summed E-state index contributed by atoms with van der Waals surface area (Å²) in [5.74, 6) is 14.7. The minimum Gasteiger partial charge on any atom is -1.00 e. The Balaban J connectivity index is 0.000000181. The second-order valence-corrected chi connectivity index (χ2v) is 50.1. The van der Waals surface area contributed by atoms with Crippen molar-refractivity contribution in [2.75, 3.05) is 19.5 Å². The number of aliphatic hydroxyl groups excluding tert-OH is 3. The zero-order valence-corrected chi connectivity index (χ0v) is 89.4. The molecule has 16 aliphatic carbocycles. The molecule has 7 N–H and O–H groups in total. The quantitative estimate of drug-likeness (QED) is 0.0363. The summed E-state index contributed by atoms with van der Waals surface area (Å²) in [6.45, 7) is 57.0. The molecule has 12 saturated carbocycles. The first-order valence-corrected chi connectivity index (χ1v) is 54.0. The maximum atomic E-state index is 11.5. The summed E-state index contributed by atoms with van der Waals surface area (Å²) < 4.78 is 15.2. The van der Waals surface area contributed by atoms with Gasteiger partial charge in [0, 0.05) is 37.5 Å². The summed E-state index contributed by atoms with van der Waals surface area (Å²) in [4.78, 5) is 11.5. The normalized spacial score (nSPS) is 45.8. The standard InChI is InChI=1S/3C27H46O2.C24H38O2.C4H8O.C3H7.CH3FS.BrH.Mg/c3*1-7-27(29)15-14-25(5)19(16-27)8-9-20-22-11-10-21(18(4)24(28)17(2)3)26(22,6)13-12-23(20)25;1-5-24(26)13-12-22(3)17(14-24)6-7-18-20-9-8-19(16(2)15-25)23(20,4)11-10-21(18)22;1-2-4-5-3-1;2*1-3-2;;/h3*8,17-18,20-24,28-29H,7,9-16H2,1-6H3;6,15-16,18-21,26H,5,7-14H2,1-4H3;1-4H2;3H,1-2H3;1H3;1H;/q;;;;;-1;;;+2/p-1/t18-,20-,21+,22-,23-,24?,25-,26+,27-;18-,20-,21+,22-,23-,24+,25-,26+,27-;18-,20-,21+,22-,23-,24-,25-,26+,27-;16-,18+,19-,20+,21+,22+,23-,24+;;;;;/m0001...../s1. The number of carbonyl (C=O) groups is 1. The van der Waals surface area contributed by atoms with Gasteiger partial charge in [0.2, 0.25) is 0 Å². The van der Waals surface area contributed by atoms with Crippen LogP contribution in [0.1, 0.15) is 410 Å². The molecule has 0 aromatic carbocycles. The van der Waals surface area contributed by atoms with Crippen molar-refractivity contribution in [2.24, 2.45) is 179 Å². The fourth-order valence-corrected chi connectivity index (χ4v) is 34.8. The molecule has 9 nitrogen and oxygen atoms in total. The van der Waals surface area contributed by atoms with E-state index in [1.54, 1.807) is 22.3 Å². The Kier molecular flexibility index (Phi) is 37.8. The molecule has 13 heteroatoms. The third-order valence-corrected chi connectivity index (χ3v) is 43.2. The van der Waals surface area contributed by atoms with Crippen LogP contribution in [-0.4, -0.2) is 125 Å². The van der Waals surface area contributed by atoms with Crippen molar-refractivity contribution >= 4 is 41.5 Å². The van der Waals surface area contributed by atoms with E-state index in [2.05, 4.69) is 177 Å². The van der Waals surface area contributed by atoms with E-state index in [0.29, 0.717) is 102 Å². The predicted molar refractivity (Wildman–Crippen MR) is 523 cm³/mol. The minimum absolute atomic E-state index is 0. The molecule has 35 atom stereocenters. The zero-order valence-electron chi connectivity index (χ0n) is 85.6. The molecule has 0 aromatic rings. The van der Waals surface area contributed by atoms with Crippen LogP contribution in [0.4, 0.5) is 3.89 Å². The zero-order chi connectivity index (χ0) is 91.3. The van der Waals surface area contributed by atoms with E-state index < -0.39 is 22.4 Å². The molecule has 1 aliphatic heterocycles. The van der Waals surface area contributed by atoms with Gasteiger partial charge in [-0.05, 0) is 418 Å². The second kappa shape index (κ2) is 43.5. The number of allylic oxidation sites excluding steroid dienone is 4. The van der Waals surface area contributed by atoms with Crippen LogP contribution in [0.5, 0.6) is 0 Å². The summed E-state index contributed by atoms with van der Waals surface area (Å²) in [6, 6.07) is 0. The van der Waals surface area contributed by atoms with Gasteiger partial charge in [0.15, 0.2) is 0 Å². The van der Waals surface area contributed by atoms with Crippen LogP contribution in [0, 0.1) is 186 Å². The third kappa shape index (κ3) is 20.9. The van der Waals surface area contributed by atoms with E-state index in [1.165, 1.54) is 173 Å². The first-order chi connectivity index (χ1) is 58.3. The molecule has 17 rings (SSSR count). The van der Waals surface area contributed by atoms with Crippen molar-refractivity contribution in [2.45, 2.75) is 451 Å². The van der Waals surface area contributed by atoms with Crippen LogP contribution in [-0.2, 0) is 9.53 Å². The summed E-state index contributed by atoms with van der Waals surface area (Å²) in [5.41, 5.74) is 7.28. The molecule has 0 radical (unpaired) electrons. The SMILES string of the molecule is C1CCOC1.CC[C@]1(O)CC[C@@]2(C)C(=CC[C@H]3[C@@H]4CC[C@H]([C@H](C)C(O)C(C)C)[C@@]4(C)CC[C@@H]32)C1.CC[C@]1(O)CC[C@@]2(C)C(=CC[C@H]3[C@@H]4CC[C@H]([C@H](C)C=O)[C@@]4(C)CC[C@@H]32)C1.CC[C@]1(O)CC[C@@]2(C)C(=CC[C@H]3[C@@H]4CC[C@H]([C@H](C)[C@@H](O)C(C)C)[C@@]4(C)CC[C@@H]32)C1.CC[C@]1(O)CC[C@@]2(C)C(=CC[C@H]3[C@@H]4CC[C@H]([C@H](C)[C@H](O)C(C)C)[C@@]4(C)CC[C@@H]32)C1.CSF.C[CH-]C.[Br-].[Mg+2]. The van der Waals surface area contributed by atoms with Crippen molar-refractivity contribution < 1.29 is 66.1 Å². The van der Waals surface area contributed by atoms with Crippen LogP contribution in [0.3, 0.4) is 0 Å². The Morgan fingerprint density at radius 1 is 0.389 bits per heavy atom. The Morgan fingerprint density at radius 2 is 0.603 bits per heavy atom. The molecular weight excluding hydrogens is 1660 g/mol. The molecule has 13 fully saturated rings. The maximum absolute atomic E-state index is 11.5. The van der Waals surface area contributed by atoms with Gasteiger partial charge in [-0.1, -0.05) is 199 Å². The van der Waals surface area contributed by atoms with E-state index in [0.717, 1.165) is 168 Å². The summed E-state index contributed by atoms with van der Waals surface area (Å²) in [7, 11) is 0. The molecule has 1 unspecified atom stereocenters. The van der Waals surface area contributed by atoms with Gasteiger partial charge < -0.3 is 68.7 Å². The van der Waals surface area contributed by atoms with Gasteiger partial charge in [-0.3, -0.25) is 0 Å². The number of hydrogen-bond acceptors (Lipinski definition) is 10. The first kappa shape index (κ1) is 109. The van der Waals surface area contributed by atoms with Crippen LogP contribution in [0.15, 0.2) is 46.6 Å². The van der Waals surface area contributed by atoms with Gasteiger partial charge in [-0.15, -0.1) is 0 Å². The predicted octanol–water partition coefficient (Wildman–Crippen LogP) is 24.5. The number of ether oxygens (including phenoxy) is 1. The van der Waals surface area contributed by atoms with Crippen molar-refractivity contribution in [1.29, 1.82) is 0 Å². The Bertz CT molecular complexity index is 3340. The number of hydrogen-bond donors (Lipinski definition) is 7. The molecule has 0 spiro atoms. The average molecular weight is 1850 g/mol. The first-order valence-electron chi connectivity index (χ1n) is 52.9. The largest absolute Gasteiger partial charge is 2.00 e. The molecule has 722 valence electrons. The van der Waals surface area contributed by atoms with E-state index in [4.69, 9.17) is 4.74 Å². The van der Waals surface area contributed by atoms with Gasteiger partial charge in [0.25, 0.3) is 0 Å². The number of rotatable bonds is 15. The van der Waals surface area contributed by atoms with E-state index >= 15 is 0 Å². The van der Waals surface area contributed by atoms with Crippen LogP contribution in [0.2, 0.25) is 0 Å². The smallest absolute Gasteiger partial charge is 1.00 e. The summed E-state index contributed by atoms with van der Waals surface area (Å²) in [6.07, 6.45) is 58.6. The van der Waals surface area contributed by atoms with Crippen molar-refractivity contribution in [1.82, 2.24) is 0 Å². The van der Waals surface area contributed by atoms with Gasteiger partial charge in [-0.25, -0.2) is 0 Å². The van der Waals surface area contributed by atoms with Crippen LogP contribution < -0.4 is 17.0 Å². The third-order valence-electron chi connectivity index (χ3n) is 43.2. The van der Waals surface area contributed by atoms with Crippen LogP contribution >= 0.6 is 12.1 Å². The van der Waals surface area contributed by atoms with Gasteiger partial charge in [-0.2, -0.15) is 17.7 Å². The number of aldehydes is 1. The van der Waals surface area contributed by atoms with E-state index in [1.807, 2.05) is 20.3 Å². The molecule has 126 heavy (non-hydrogen) atoms. The van der Waals surface area contributed by atoms with Gasteiger partial charge in [0.05, 0.1) is 40.7 Å². The van der Waals surface area contributed by atoms with E-state index in [-0.39, 0.29) is 76.4 Å². The maximum Gasteiger partial charge on any atom is 2.00 e. The monoisotopic (exact) mass is 1850 g/mol. The van der Waals surface area contributed by atoms with Crippen molar-refractivity contribution in [3.63, 3.8) is 0 Å². The Labute approximate surface area is 804 Å². The van der Waals surface area contributed by atoms with E-state index in [9.17, 15) is 44.4 Å². The molecule has 0 aromatic heterocycles. The number of halogens is 2. The fourth-order valence-electron chi connectivity index (χ4n) is 34.8. The Hall–Kier alpha value is -0.164. The molecule has 17 aliphatic rings.